The summed E-state index contributed by atoms with van der Waals surface area (Å²) in [7, 11) is 0. The Morgan fingerprint density at radius 2 is 2.00 bits per heavy atom. The number of hydrogen-bond donors (Lipinski definition) is 1. The maximum atomic E-state index is 12.2. The number of H-pyrrole nitrogens is 1. The van der Waals surface area contributed by atoms with Crippen LogP contribution in [0.15, 0.2) is 16.3 Å². The lowest BCUT2D eigenvalue weighted by atomic mass is 10.5. The van der Waals surface area contributed by atoms with Crippen molar-refractivity contribution >= 4 is 27.3 Å². The fraction of sp³-hybridized carbons (Fsp3) is 0.143. The van der Waals surface area contributed by atoms with Gasteiger partial charge in [-0.3, -0.25) is 0 Å². The summed E-state index contributed by atoms with van der Waals surface area (Å²) < 4.78 is 37.3. The van der Waals surface area contributed by atoms with Crippen LogP contribution < -0.4 is 0 Å². The fourth-order valence-electron chi connectivity index (χ4n) is 0.953. The number of imidazole rings is 1. The quantitative estimate of drug-likeness (QED) is 0.877. The zero-order chi connectivity index (χ0) is 11.1. The molecule has 0 fully saturated rings. The molecule has 0 saturated heterocycles. The van der Waals surface area contributed by atoms with Gasteiger partial charge in [0.1, 0.15) is 11.5 Å². The molecule has 0 amide bonds. The summed E-state index contributed by atoms with van der Waals surface area (Å²) in [5, 5.41) is 0. The lowest BCUT2D eigenvalue weighted by molar-refractivity contribution is -0.140. The summed E-state index contributed by atoms with van der Waals surface area (Å²) in [4.78, 5) is 10.2. The molecule has 0 bridgehead atoms. The van der Waals surface area contributed by atoms with Crippen LogP contribution in [0.2, 0.25) is 0 Å². The standard InChI is InChI=1S/C7H3BrF3N3S/c8-6-13-1-3(15-6)5-12-2-4(14-5)7(9,10)11/h1-2H,(H,12,14). The van der Waals surface area contributed by atoms with Crippen LogP contribution in [0, 0.1) is 0 Å². The third-order valence-corrected chi connectivity index (χ3v) is 3.07. The molecule has 0 unspecified atom stereocenters. The van der Waals surface area contributed by atoms with Crippen molar-refractivity contribution in [2.24, 2.45) is 0 Å². The van der Waals surface area contributed by atoms with Gasteiger partial charge in [0.05, 0.1) is 17.3 Å². The lowest BCUT2D eigenvalue weighted by Crippen LogP contribution is -2.04. The molecule has 1 N–H and O–H groups in total. The molecule has 3 nitrogen and oxygen atoms in total. The highest BCUT2D eigenvalue weighted by molar-refractivity contribution is 9.11. The van der Waals surface area contributed by atoms with Gasteiger partial charge in [-0.2, -0.15) is 13.2 Å². The molecule has 2 aromatic heterocycles. The Morgan fingerprint density at radius 3 is 2.47 bits per heavy atom. The van der Waals surface area contributed by atoms with E-state index in [-0.39, 0.29) is 5.82 Å². The van der Waals surface area contributed by atoms with Crippen LogP contribution in [-0.2, 0) is 6.18 Å². The molecule has 0 atom stereocenters. The molecule has 15 heavy (non-hydrogen) atoms. The first-order chi connectivity index (χ1) is 6.97. The van der Waals surface area contributed by atoms with Crippen LogP contribution in [0.4, 0.5) is 13.2 Å². The number of rotatable bonds is 1. The highest BCUT2D eigenvalue weighted by Gasteiger charge is 2.33. The number of hydrogen-bond acceptors (Lipinski definition) is 3. The minimum absolute atomic E-state index is 0.172. The Bertz CT molecular complexity index is 476. The SMILES string of the molecule is FC(F)(F)c1cnc(-c2cnc(Br)s2)[nH]1. The summed E-state index contributed by atoms with van der Waals surface area (Å²) in [5.74, 6) is 0.172. The zero-order valence-corrected chi connectivity index (χ0v) is 9.37. The van der Waals surface area contributed by atoms with Gasteiger partial charge >= 0.3 is 6.18 Å². The number of thiazole rings is 1. The van der Waals surface area contributed by atoms with E-state index in [4.69, 9.17) is 0 Å². The van der Waals surface area contributed by atoms with Gasteiger partial charge in [0.2, 0.25) is 0 Å². The van der Waals surface area contributed by atoms with Gasteiger partial charge in [0, 0.05) is 0 Å². The van der Waals surface area contributed by atoms with Crippen molar-refractivity contribution in [1.29, 1.82) is 0 Å². The second-order valence-electron chi connectivity index (χ2n) is 2.62. The molecule has 80 valence electrons. The molecular weight excluding hydrogens is 295 g/mol. The van der Waals surface area contributed by atoms with E-state index in [2.05, 4.69) is 30.9 Å². The molecule has 0 saturated carbocycles. The molecule has 0 aliphatic heterocycles. The Hall–Kier alpha value is -0.890. The van der Waals surface area contributed by atoms with Crippen molar-refractivity contribution in [2.45, 2.75) is 6.18 Å². The molecule has 0 aliphatic carbocycles. The predicted octanol–water partition coefficient (Wildman–Crippen LogP) is 3.31. The van der Waals surface area contributed by atoms with Crippen LogP contribution in [0.1, 0.15) is 5.69 Å². The molecular formula is C7H3BrF3N3S. The average Bonchev–Trinajstić information content (AvgIpc) is 2.69. The summed E-state index contributed by atoms with van der Waals surface area (Å²) in [6.07, 6.45) is -2.18. The van der Waals surface area contributed by atoms with Crippen molar-refractivity contribution in [3.8, 4) is 10.7 Å². The summed E-state index contributed by atoms with van der Waals surface area (Å²) in [6, 6.07) is 0. The minimum Gasteiger partial charge on any atom is -0.334 e. The summed E-state index contributed by atoms with van der Waals surface area (Å²) in [6.45, 7) is 0. The first kappa shape index (κ1) is 10.6. The number of aromatic nitrogens is 3. The molecule has 0 spiro atoms. The Balaban J connectivity index is 2.36. The van der Waals surface area contributed by atoms with Crippen LogP contribution in [0.25, 0.3) is 10.7 Å². The van der Waals surface area contributed by atoms with Gasteiger partial charge in [-0.15, -0.1) is 11.3 Å². The maximum Gasteiger partial charge on any atom is 0.432 e. The predicted molar refractivity (Wildman–Crippen MR) is 52.4 cm³/mol. The zero-order valence-electron chi connectivity index (χ0n) is 6.97. The largest absolute Gasteiger partial charge is 0.432 e. The highest BCUT2D eigenvalue weighted by atomic mass is 79.9. The van der Waals surface area contributed by atoms with E-state index >= 15 is 0 Å². The van der Waals surface area contributed by atoms with Crippen molar-refractivity contribution in [3.63, 3.8) is 0 Å². The second kappa shape index (κ2) is 3.60. The monoisotopic (exact) mass is 297 g/mol. The van der Waals surface area contributed by atoms with Gasteiger partial charge in [-0.1, -0.05) is 0 Å². The van der Waals surface area contributed by atoms with Gasteiger partial charge in [-0.25, -0.2) is 9.97 Å². The number of nitrogens with one attached hydrogen (secondary N) is 1. The molecule has 0 aliphatic rings. The normalized spacial score (nSPS) is 12.0. The highest BCUT2D eigenvalue weighted by Crippen LogP contribution is 2.31. The van der Waals surface area contributed by atoms with Crippen LogP contribution in [-0.4, -0.2) is 15.0 Å². The molecule has 0 radical (unpaired) electrons. The smallest absolute Gasteiger partial charge is 0.334 e. The third kappa shape index (κ3) is 2.20. The van der Waals surface area contributed by atoms with Gasteiger partial charge < -0.3 is 4.98 Å². The van der Waals surface area contributed by atoms with Gasteiger partial charge in [0.15, 0.2) is 3.92 Å². The molecule has 8 heteroatoms. The maximum absolute atomic E-state index is 12.2. The molecule has 2 heterocycles. The van der Waals surface area contributed by atoms with Crippen molar-refractivity contribution in [2.75, 3.05) is 0 Å². The Kier molecular flexibility index (Phi) is 2.55. The van der Waals surface area contributed by atoms with Crippen molar-refractivity contribution in [1.82, 2.24) is 15.0 Å². The average molecular weight is 298 g/mol. The summed E-state index contributed by atoms with van der Waals surface area (Å²) >= 11 is 4.33. The Morgan fingerprint density at radius 1 is 1.27 bits per heavy atom. The first-order valence-corrected chi connectivity index (χ1v) is 5.31. The third-order valence-electron chi connectivity index (χ3n) is 1.59. The van der Waals surface area contributed by atoms with Crippen molar-refractivity contribution < 1.29 is 13.2 Å². The van der Waals surface area contributed by atoms with E-state index in [0.29, 0.717) is 8.79 Å². The van der Waals surface area contributed by atoms with Crippen molar-refractivity contribution in [3.05, 3.63) is 22.0 Å². The number of halogens is 4. The van der Waals surface area contributed by atoms with Gasteiger partial charge in [-0.05, 0) is 15.9 Å². The Labute approximate surface area is 94.5 Å². The van der Waals surface area contributed by atoms with E-state index in [1.54, 1.807) is 0 Å². The number of nitrogens with zero attached hydrogens (tertiary/aromatic N) is 2. The molecule has 2 aromatic rings. The number of alkyl halides is 3. The second-order valence-corrected chi connectivity index (χ2v) is 4.93. The topological polar surface area (TPSA) is 41.6 Å². The first-order valence-electron chi connectivity index (χ1n) is 3.71. The number of aromatic amines is 1. The van der Waals surface area contributed by atoms with E-state index in [1.165, 1.54) is 17.5 Å². The van der Waals surface area contributed by atoms with E-state index in [0.717, 1.165) is 6.20 Å². The minimum atomic E-state index is -4.40. The van der Waals surface area contributed by atoms with Crippen LogP contribution in [0.5, 0.6) is 0 Å². The van der Waals surface area contributed by atoms with E-state index < -0.39 is 11.9 Å². The van der Waals surface area contributed by atoms with Crippen LogP contribution >= 0.6 is 27.3 Å². The summed E-state index contributed by atoms with van der Waals surface area (Å²) in [5.41, 5.74) is -0.859. The lowest BCUT2D eigenvalue weighted by Gasteiger charge is -2.00. The molecule has 0 aromatic carbocycles. The molecule has 2 rings (SSSR count). The van der Waals surface area contributed by atoms with Gasteiger partial charge in [0.25, 0.3) is 0 Å². The van der Waals surface area contributed by atoms with Crippen LogP contribution in [0.3, 0.4) is 0 Å². The van der Waals surface area contributed by atoms with E-state index in [1.807, 2.05) is 0 Å². The van der Waals surface area contributed by atoms with E-state index in [9.17, 15) is 13.2 Å². The fourth-order valence-corrected chi connectivity index (χ4v) is 2.17.